The van der Waals surface area contributed by atoms with Crippen molar-refractivity contribution in [3.05, 3.63) is 41.4 Å². The lowest BCUT2D eigenvalue weighted by Gasteiger charge is -2.20. The molecule has 23 heavy (non-hydrogen) atoms. The van der Waals surface area contributed by atoms with Crippen LogP contribution in [-0.2, 0) is 6.54 Å². The van der Waals surface area contributed by atoms with E-state index in [-0.39, 0.29) is 5.91 Å². The molecule has 1 amide bonds. The van der Waals surface area contributed by atoms with Crippen molar-refractivity contribution in [2.24, 2.45) is 0 Å². The molecule has 0 fully saturated rings. The molecule has 6 nitrogen and oxygen atoms in total. The van der Waals surface area contributed by atoms with Crippen molar-refractivity contribution in [1.29, 1.82) is 0 Å². The van der Waals surface area contributed by atoms with Crippen molar-refractivity contribution >= 4 is 16.9 Å². The molecule has 1 atom stereocenters. The summed E-state index contributed by atoms with van der Waals surface area (Å²) < 4.78 is 2.14. The van der Waals surface area contributed by atoms with Crippen LogP contribution < -0.4 is 15.8 Å². The van der Waals surface area contributed by atoms with Gasteiger partial charge in [-0.3, -0.25) is 10.2 Å². The first-order chi connectivity index (χ1) is 11.1. The number of nitrogens with one attached hydrogen (secondary N) is 3. The number of likely N-dealkylation sites (N-methyl/N-ethyl adjacent to an activating group) is 1. The molecule has 0 bridgehead atoms. The Kier molecular flexibility index (Phi) is 4.34. The zero-order chi connectivity index (χ0) is 16.4. The van der Waals surface area contributed by atoms with Crippen LogP contribution in [0.15, 0.2) is 30.0 Å². The molecule has 0 spiro atoms. The largest absolute Gasteiger partial charge is 0.334 e. The van der Waals surface area contributed by atoms with E-state index in [9.17, 15) is 4.79 Å². The predicted molar refractivity (Wildman–Crippen MR) is 90.1 cm³/mol. The van der Waals surface area contributed by atoms with Gasteiger partial charge in [-0.1, -0.05) is 0 Å². The summed E-state index contributed by atoms with van der Waals surface area (Å²) in [4.78, 5) is 18.3. The number of benzene rings is 1. The fourth-order valence-electron chi connectivity index (χ4n) is 2.96. The van der Waals surface area contributed by atoms with Crippen molar-refractivity contribution in [1.82, 2.24) is 20.4 Å². The summed E-state index contributed by atoms with van der Waals surface area (Å²) in [6.45, 7) is 7.02. The van der Waals surface area contributed by atoms with Gasteiger partial charge >= 0.3 is 0 Å². The summed E-state index contributed by atoms with van der Waals surface area (Å²) >= 11 is 0. The van der Waals surface area contributed by atoms with E-state index in [1.165, 1.54) is 4.90 Å². The molecule has 3 N–H and O–H groups in total. The Hall–Kier alpha value is -2.34. The van der Waals surface area contributed by atoms with Crippen LogP contribution in [-0.4, -0.2) is 35.6 Å². The maximum absolute atomic E-state index is 12.3. The van der Waals surface area contributed by atoms with Crippen molar-refractivity contribution in [2.75, 3.05) is 20.1 Å². The van der Waals surface area contributed by atoms with Crippen LogP contribution in [0.2, 0.25) is 0 Å². The predicted octanol–water partition coefficient (Wildman–Crippen LogP) is 0.401. The van der Waals surface area contributed by atoms with Crippen molar-refractivity contribution < 1.29 is 9.69 Å². The number of rotatable bonds is 4. The third-order valence-electron chi connectivity index (χ3n) is 4.37. The topological polar surface area (TPSA) is 63.4 Å². The second-order valence-electron chi connectivity index (χ2n) is 6.08. The van der Waals surface area contributed by atoms with Crippen molar-refractivity contribution in [3.63, 3.8) is 0 Å². The van der Waals surface area contributed by atoms with Crippen LogP contribution in [0, 0.1) is 6.92 Å². The number of aryl methyl sites for hydroxylation is 2. The van der Waals surface area contributed by atoms with Crippen molar-refractivity contribution in [2.45, 2.75) is 26.8 Å². The van der Waals surface area contributed by atoms with Crippen LogP contribution in [0.3, 0.4) is 0 Å². The highest BCUT2D eigenvalue weighted by Crippen LogP contribution is 2.17. The number of hydrogen-bond acceptors (Lipinski definition) is 3. The number of hydrazine groups is 1. The molecule has 0 aliphatic carbocycles. The van der Waals surface area contributed by atoms with E-state index in [2.05, 4.69) is 40.5 Å². The molecule has 3 rings (SSSR count). The minimum atomic E-state index is -0.136. The second-order valence-corrected chi connectivity index (χ2v) is 6.08. The summed E-state index contributed by atoms with van der Waals surface area (Å²) in [6, 6.07) is 5.66. The highest BCUT2D eigenvalue weighted by atomic mass is 16.2. The Morgan fingerprint density at radius 3 is 2.96 bits per heavy atom. The highest BCUT2D eigenvalue weighted by Gasteiger charge is 2.13. The summed E-state index contributed by atoms with van der Waals surface area (Å²) in [5.74, 6) is 0.833. The second kappa shape index (κ2) is 6.42. The number of aromatic nitrogens is 2. The first-order valence-corrected chi connectivity index (χ1v) is 8.12. The van der Waals surface area contributed by atoms with E-state index in [1.54, 1.807) is 0 Å². The minimum Gasteiger partial charge on any atom is -0.334 e. The summed E-state index contributed by atoms with van der Waals surface area (Å²) in [5, 5.41) is 0. The van der Waals surface area contributed by atoms with Crippen LogP contribution in [0.5, 0.6) is 0 Å². The molecule has 1 unspecified atom stereocenters. The molecule has 0 radical (unpaired) electrons. The van der Waals surface area contributed by atoms with Crippen LogP contribution in [0.4, 0.5) is 0 Å². The number of carbonyl (C=O) groups is 1. The number of hydrogen-bond donors (Lipinski definition) is 3. The van der Waals surface area contributed by atoms with Gasteiger partial charge in [0.25, 0.3) is 5.91 Å². The maximum atomic E-state index is 12.3. The van der Waals surface area contributed by atoms with Gasteiger partial charge < -0.3 is 14.9 Å². The number of amides is 1. The summed E-state index contributed by atoms with van der Waals surface area (Å²) in [5.41, 5.74) is 9.44. The van der Waals surface area contributed by atoms with Gasteiger partial charge in [-0.15, -0.1) is 0 Å². The van der Waals surface area contributed by atoms with E-state index in [1.807, 2.05) is 25.1 Å². The van der Waals surface area contributed by atoms with Gasteiger partial charge in [0.15, 0.2) is 0 Å². The molecular weight excluding hydrogens is 290 g/mol. The molecule has 0 saturated carbocycles. The van der Waals surface area contributed by atoms with E-state index in [0.29, 0.717) is 5.56 Å². The maximum Gasteiger partial charge on any atom is 0.269 e. The lowest BCUT2D eigenvalue weighted by molar-refractivity contribution is -0.875. The first-order valence-electron chi connectivity index (χ1n) is 8.12. The smallest absolute Gasteiger partial charge is 0.269 e. The molecule has 2 aromatic rings. The quantitative estimate of drug-likeness (QED) is 0.716. The molecule has 0 saturated heterocycles. The SMILES string of the molecule is CCn1c(C)nc2cc(C(=O)NNC3=CC[NH+](C)CC3)ccc21. The van der Waals surface area contributed by atoms with Gasteiger partial charge in [0.2, 0.25) is 0 Å². The van der Waals surface area contributed by atoms with Gasteiger partial charge in [-0.25, -0.2) is 4.98 Å². The Bertz CT molecular complexity index is 762. The molecule has 1 aliphatic heterocycles. The standard InChI is InChI=1S/C17H23N5O/c1-4-22-12(2)18-15-11-13(5-6-16(15)22)17(23)20-19-14-7-9-21(3)10-8-14/h5-7,11,19H,4,8-10H2,1-3H3,(H,20,23)/p+1. The van der Waals surface area contributed by atoms with E-state index < -0.39 is 0 Å². The third kappa shape index (κ3) is 3.22. The molecule has 1 aromatic carbocycles. The summed E-state index contributed by atoms with van der Waals surface area (Å²) in [6.07, 6.45) is 3.08. The zero-order valence-electron chi connectivity index (χ0n) is 13.9. The van der Waals surface area contributed by atoms with E-state index in [0.717, 1.165) is 48.6 Å². The minimum absolute atomic E-state index is 0.136. The number of quaternary nitrogens is 1. The molecule has 1 aromatic heterocycles. The molecular formula is C17H24N5O+. The third-order valence-corrected chi connectivity index (χ3v) is 4.37. The van der Waals surface area contributed by atoms with Crippen LogP contribution in [0.1, 0.15) is 29.5 Å². The first kappa shape index (κ1) is 15.6. The highest BCUT2D eigenvalue weighted by molar-refractivity contribution is 5.97. The molecule has 1 aliphatic rings. The molecule has 122 valence electrons. The van der Waals surface area contributed by atoms with Crippen molar-refractivity contribution in [3.8, 4) is 0 Å². The number of nitrogens with zero attached hydrogens (tertiary/aromatic N) is 2. The van der Waals surface area contributed by atoms with Crippen LogP contribution >= 0.6 is 0 Å². The van der Waals surface area contributed by atoms with Gasteiger partial charge in [0.05, 0.1) is 31.2 Å². The Balaban J connectivity index is 1.71. The molecule has 6 heteroatoms. The Labute approximate surface area is 136 Å². The van der Waals surface area contributed by atoms with Gasteiger partial charge in [-0.05, 0) is 38.1 Å². The number of carbonyl (C=O) groups excluding carboxylic acids is 1. The van der Waals surface area contributed by atoms with Gasteiger partial charge in [0.1, 0.15) is 5.82 Å². The average molecular weight is 314 g/mol. The average Bonchev–Trinajstić information content (AvgIpc) is 2.88. The monoisotopic (exact) mass is 314 g/mol. The zero-order valence-corrected chi connectivity index (χ0v) is 13.9. The fourth-order valence-corrected chi connectivity index (χ4v) is 2.96. The van der Waals surface area contributed by atoms with Crippen LogP contribution in [0.25, 0.3) is 11.0 Å². The summed E-state index contributed by atoms with van der Waals surface area (Å²) in [7, 11) is 2.17. The Morgan fingerprint density at radius 2 is 2.26 bits per heavy atom. The molecule has 2 heterocycles. The van der Waals surface area contributed by atoms with E-state index in [4.69, 9.17) is 0 Å². The van der Waals surface area contributed by atoms with Gasteiger partial charge in [0, 0.05) is 24.2 Å². The normalized spacial score (nSPS) is 17.9. The Morgan fingerprint density at radius 1 is 1.43 bits per heavy atom. The van der Waals surface area contributed by atoms with Gasteiger partial charge in [-0.2, -0.15) is 0 Å². The lowest BCUT2D eigenvalue weighted by Crippen LogP contribution is -3.09. The number of imidazole rings is 1. The number of fused-ring (bicyclic) bond motifs is 1. The van der Waals surface area contributed by atoms with E-state index >= 15 is 0 Å². The fraction of sp³-hybridized carbons (Fsp3) is 0.412. The lowest BCUT2D eigenvalue weighted by atomic mass is 10.2.